The van der Waals surface area contributed by atoms with Crippen LogP contribution in [-0.4, -0.2) is 24.9 Å². The van der Waals surface area contributed by atoms with Gasteiger partial charge in [0.25, 0.3) is 11.8 Å². The summed E-state index contributed by atoms with van der Waals surface area (Å²) in [6, 6.07) is 20.1. The van der Waals surface area contributed by atoms with Crippen LogP contribution in [0.4, 0.5) is 17.1 Å². The van der Waals surface area contributed by atoms with E-state index in [4.69, 9.17) is 23.2 Å². The lowest BCUT2D eigenvalue weighted by Gasteiger charge is -2.20. The number of rotatable bonds is 5. The van der Waals surface area contributed by atoms with Crippen molar-refractivity contribution in [3.8, 4) is 0 Å². The second-order valence-corrected chi connectivity index (χ2v) is 9.95. The van der Waals surface area contributed by atoms with E-state index >= 15 is 0 Å². The molecule has 8 heteroatoms. The minimum atomic E-state index is -0.347. The van der Waals surface area contributed by atoms with E-state index < -0.39 is 0 Å². The van der Waals surface area contributed by atoms with Crippen LogP contribution in [0.2, 0.25) is 10.0 Å². The van der Waals surface area contributed by atoms with Gasteiger partial charge in [-0.15, -0.1) is 11.3 Å². The Hall–Kier alpha value is -3.06. The van der Waals surface area contributed by atoms with Crippen molar-refractivity contribution in [2.24, 2.45) is 0 Å². The number of nitrogens with one attached hydrogen (secondary N) is 2. The quantitative estimate of drug-likeness (QED) is 0.296. The van der Waals surface area contributed by atoms with Crippen LogP contribution < -0.4 is 15.5 Å². The van der Waals surface area contributed by atoms with Gasteiger partial charge in [0.05, 0.1) is 16.3 Å². The summed E-state index contributed by atoms with van der Waals surface area (Å²) in [7, 11) is 0. The molecule has 5 nitrogen and oxygen atoms in total. The zero-order valence-corrected chi connectivity index (χ0v) is 20.4. The monoisotopic (exact) mass is 509 g/mol. The van der Waals surface area contributed by atoms with Crippen molar-refractivity contribution in [1.29, 1.82) is 0 Å². The van der Waals surface area contributed by atoms with Gasteiger partial charge in [-0.05, 0) is 61.4 Å². The maximum atomic E-state index is 13.3. The molecule has 1 fully saturated rings. The van der Waals surface area contributed by atoms with Crippen LogP contribution in [0, 0.1) is 0 Å². The summed E-state index contributed by atoms with van der Waals surface area (Å²) in [6.07, 6.45) is 2.24. The lowest BCUT2D eigenvalue weighted by Crippen LogP contribution is -2.21. The number of nitrogens with zero attached hydrogens (tertiary/aromatic N) is 1. The highest BCUT2D eigenvalue weighted by Gasteiger charge is 2.22. The summed E-state index contributed by atoms with van der Waals surface area (Å²) in [4.78, 5) is 29.1. The smallest absolute Gasteiger partial charge is 0.267 e. The van der Waals surface area contributed by atoms with Gasteiger partial charge in [0.15, 0.2) is 0 Å². The van der Waals surface area contributed by atoms with Gasteiger partial charge >= 0.3 is 0 Å². The summed E-state index contributed by atoms with van der Waals surface area (Å²) in [6.45, 7) is 1.89. The van der Waals surface area contributed by atoms with Crippen LogP contribution in [0.15, 0.2) is 66.7 Å². The Morgan fingerprint density at radius 2 is 1.59 bits per heavy atom. The van der Waals surface area contributed by atoms with Crippen molar-refractivity contribution in [3.05, 3.63) is 87.2 Å². The van der Waals surface area contributed by atoms with Crippen LogP contribution >= 0.6 is 34.5 Å². The number of anilines is 3. The molecule has 0 spiro atoms. The Morgan fingerprint density at radius 3 is 2.32 bits per heavy atom. The third-order valence-corrected chi connectivity index (χ3v) is 7.74. The predicted molar refractivity (Wildman–Crippen MR) is 142 cm³/mol. The highest BCUT2D eigenvalue weighted by molar-refractivity contribution is 7.21. The van der Waals surface area contributed by atoms with Crippen LogP contribution in [0.25, 0.3) is 10.1 Å². The minimum Gasteiger partial charge on any atom is -0.372 e. The largest absolute Gasteiger partial charge is 0.372 e. The van der Waals surface area contributed by atoms with Gasteiger partial charge in [-0.2, -0.15) is 0 Å². The topological polar surface area (TPSA) is 61.4 Å². The number of amides is 2. The zero-order chi connectivity index (χ0) is 23.7. The molecule has 0 bridgehead atoms. The van der Waals surface area contributed by atoms with Crippen molar-refractivity contribution in [2.45, 2.75) is 12.8 Å². The molecule has 3 aromatic carbocycles. The molecule has 34 heavy (non-hydrogen) atoms. The zero-order valence-electron chi connectivity index (χ0n) is 18.1. The molecular formula is C26H21Cl2N3O2S. The summed E-state index contributed by atoms with van der Waals surface area (Å²) in [5.41, 5.74) is 2.38. The fraction of sp³-hybridized carbons (Fsp3) is 0.154. The first-order chi connectivity index (χ1) is 16.5. The van der Waals surface area contributed by atoms with Crippen molar-refractivity contribution in [2.75, 3.05) is 28.6 Å². The van der Waals surface area contributed by atoms with Gasteiger partial charge in [0, 0.05) is 39.6 Å². The minimum absolute atomic E-state index is 0.318. The number of hydrogen-bond acceptors (Lipinski definition) is 4. The average molecular weight is 510 g/mol. The number of carbonyl (C=O) groups excluding carboxylic acids is 2. The number of thiophene rings is 1. The molecule has 5 rings (SSSR count). The fourth-order valence-corrected chi connectivity index (χ4v) is 5.61. The first-order valence-electron chi connectivity index (χ1n) is 10.9. The molecule has 2 heterocycles. The van der Waals surface area contributed by atoms with Crippen molar-refractivity contribution < 1.29 is 9.59 Å². The molecule has 4 aromatic rings. The molecule has 0 aliphatic carbocycles. The number of carbonyl (C=O) groups is 2. The normalized spacial score (nSPS) is 13.3. The Bertz CT molecular complexity index is 1380. The predicted octanol–water partition coefficient (Wildman–Crippen LogP) is 7.31. The van der Waals surface area contributed by atoms with E-state index in [1.165, 1.54) is 11.3 Å². The Labute approximate surface area is 211 Å². The third-order valence-electron chi connectivity index (χ3n) is 5.81. The molecular weight excluding hydrogens is 489 g/mol. The molecule has 1 aliphatic rings. The first kappa shape index (κ1) is 22.7. The molecule has 1 aliphatic heterocycles. The molecule has 1 saturated heterocycles. The van der Waals surface area contributed by atoms with E-state index in [0.29, 0.717) is 31.9 Å². The van der Waals surface area contributed by atoms with Crippen LogP contribution in [0.5, 0.6) is 0 Å². The van der Waals surface area contributed by atoms with Gasteiger partial charge < -0.3 is 15.5 Å². The van der Waals surface area contributed by atoms with Gasteiger partial charge in [-0.1, -0.05) is 41.4 Å². The second kappa shape index (κ2) is 9.66. The van der Waals surface area contributed by atoms with E-state index in [-0.39, 0.29) is 11.8 Å². The standard InChI is InChI=1S/C26H21Cl2N3O2S/c27-16-7-9-17(10-8-16)29-25(32)20-15-18(31-13-3-4-14-31)11-12-21(20)30-26(33)24-23(28)19-5-1-2-6-22(19)34-24/h1-2,5-12,15H,3-4,13-14H2,(H,29,32)(H,30,33). The summed E-state index contributed by atoms with van der Waals surface area (Å²) in [5.74, 6) is -0.665. The van der Waals surface area contributed by atoms with Crippen LogP contribution in [-0.2, 0) is 0 Å². The van der Waals surface area contributed by atoms with Crippen LogP contribution in [0.1, 0.15) is 32.9 Å². The lowest BCUT2D eigenvalue weighted by molar-refractivity contribution is 0.102. The Morgan fingerprint density at radius 1 is 0.853 bits per heavy atom. The number of halogens is 2. The maximum absolute atomic E-state index is 13.3. The van der Waals surface area contributed by atoms with Gasteiger partial charge in [-0.3, -0.25) is 9.59 Å². The summed E-state index contributed by atoms with van der Waals surface area (Å²) >= 11 is 13.8. The highest BCUT2D eigenvalue weighted by atomic mass is 35.5. The lowest BCUT2D eigenvalue weighted by atomic mass is 10.1. The molecule has 172 valence electrons. The molecule has 1 aromatic heterocycles. The van der Waals surface area contributed by atoms with E-state index in [0.717, 1.165) is 41.7 Å². The molecule has 0 atom stereocenters. The number of benzene rings is 3. The molecule has 2 N–H and O–H groups in total. The Balaban J connectivity index is 1.47. The molecule has 0 unspecified atom stereocenters. The van der Waals surface area contributed by atoms with Crippen molar-refractivity contribution >= 4 is 73.5 Å². The van der Waals surface area contributed by atoms with Crippen molar-refractivity contribution in [3.63, 3.8) is 0 Å². The van der Waals surface area contributed by atoms with Gasteiger partial charge in [-0.25, -0.2) is 0 Å². The summed E-state index contributed by atoms with van der Waals surface area (Å²) < 4.78 is 0.933. The fourth-order valence-electron chi connectivity index (χ4n) is 4.07. The van der Waals surface area contributed by atoms with Crippen LogP contribution in [0.3, 0.4) is 0 Å². The molecule has 2 amide bonds. The first-order valence-corrected chi connectivity index (χ1v) is 12.5. The second-order valence-electron chi connectivity index (χ2n) is 8.08. The van der Waals surface area contributed by atoms with E-state index in [1.807, 2.05) is 36.4 Å². The van der Waals surface area contributed by atoms with Gasteiger partial charge in [0.1, 0.15) is 4.88 Å². The highest BCUT2D eigenvalue weighted by Crippen LogP contribution is 2.36. The van der Waals surface area contributed by atoms with E-state index in [2.05, 4.69) is 15.5 Å². The van der Waals surface area contributed by atoms with E-state index in [9.17, 15) is 9.59 Å². The maximum Gasteiger partial charge on any atom is 0.267 e. The molecule has 0 saturated carbocycles. The van der Waals surface area contributed by atoms with Gasteiger partial charge in [0.2, 0.25) is 0 Å². The summed E-state index contributed by atoms with van der Waals surface area (Å²) in [5, 5.41) is 7.65. The van der Waals surface area contributed by atoms with E-state index in [1.54, 1.807) is 30.3 Å². The average Bonchev–Trinajstić information content (AvgIpc) is 3.50. The molecule has 0 radical (unpaired) electrons. The number of hydrogen-bond donors (Lipinski definition) is 2. The Kier molecular flexibility index (Phi) is 6.46. The third kappa shape index (κ3) is 4.62. The SMILES string of the molecule is O=C(Nc1ccc(Cl)cc1)c1cc(N2CCCC2)ccc1NC(=O)c1sc2ccccc2c1Cl. The van der Waals surface area contributed by atoms with Crippen molar-refractivity contribution in [1.82, 2.24) is 0 Å². The number of fused-ring (bicyclic) bond motifs is 1.